The third-order valence-electron chi connectivity index (χ3n) is 2.12. The van der Waals surface area contributed by atoms with Crippen LogP contribution in [0, 0.1) is 0 Å². The van der Waals surface area contributed by atoms with Crippen LogP contribution in [-0.4, -0.2) is 0 Å². The SMILES string of the molecule is C=Cc1ccc2ccoc2c1C=C. The quantitative estimate of drug-likeness (QED) is 0.669. The first-order valence-corrected chi connectivity index (χ1v) is 4.12. The number of hydrogen-bond donors (Lipinski definition) is 0. The molecule has 2 rings (SSSR count). The minimum atomic E-state index is 0.882. The lowest BCUT2D eigenvalue weighted by Crippen LogP contribution is -1.79. The second-order valence-corrected chi connectivity index (χ2v) is 2.82. The van der Waals surface area contributed by atoms with Gasteiger partial charge in [-0.05, 0) is 11.6 Å². The molecule has 1 aromatic carbocycles. The van der Waals surface area contributed by atoms with E-state index in [2.05, 4.69) is 13.2 Å². The molecule has 0 aliphatic heterocycles. The number of rotatable bonds is 2. The molecule has 0 radical (unpaired) electrons. The summed E-state index contributed by atoms with van der Waals surface area (Å²) in [5.41, 5.74) is 2.95. The summed E-state index contributed by atoms with van der Waals surface area (Å²) < 4.78 is 5.36. The van der Waals surface area contributed by atoms with Gasteiger partial charge in [0.1, 0.15) is 5.58 Å². The minimum Gasteiger partial charge on any atom is -0.464 e. The van der Waals surface area contributed by atoms with Crippen LogP contribution in [0.15, 0.2) is 42.0 Å². The molecule has 0 saturated heterocycles. The fourth-order valence-electron chi connectivity index (χ4n) is 1.46. The first-order valence-electron chi connectivity index (χ1n) is 4.12. The van der Waals surface area contributed by atoms with Crippen molar-refractivity contribution in [1.82, 2.24) is 0 Å². The van der Waals surface area contributed by atoms with Crippen molar-refractivity contribution in [3.8, 4) is 0 Å². The standard InChI is InChI=1S/C12H10O/c1-3-9-5-6-10-7-8-13-12(10)11(9)4-2/h3-8H,1-2H2. The van der Waals surface area contributed by atoms with Gasteiger partial charge in [0.15, 0.2) is 0 Å². The summed E-state index contributed by atoms with van der Waals surface area (Å²) in [4.78, 5) is 0. The van der Waals surface area contributed by atoms with Crippen LogP contribution in [-0.2, 0) is 0 Å². The van der Waals surface area contributed by atoms with Gasteiger partial charge < -0.3 is 4.42 Å². The van der Waals surface area contributed by atoms with Crippen molar-refractivity contribution in [3.05, 3.63) is 48.7 Å². The predicted octanol–water partition coefficient (Wildman–Crippen LogP) is 3.72. The van der Waals surface area contributed by atoms with Crippen molar-refractivity contribution in [2.45, 2.75) is 0 Å². The topological polar surface area (TPSA) is 13.1 Å². The molecule has 0 unspecified atom stereocenters. The van der Waals surface area contributed by atoms with Crippen LogP contribution in [0.1, 0.15) is 11.1 Å². The molecule has 1 heteroatoms. The molecule has 0 aliphatic carbocycles. The Kier molecular flexibility index (Phi) is 1.78. The third kappa shape index (κ3) is 1.09. The van der Waals surface area contributed by atoms with E-state index in [4.69, 9.17) is 4.42 Å². The van der Waals surface area contributed by atoms with E-state index in [1.165, 1.54) is 0 Å². The van der Waals surface area contributed by atoms with Crippen LogP contribution >= 0.6 is 0 Å². The monoisotopic (exact) mass is 170 g/mol. The lowest BCUT2D eigenvalue weighted by atomic mass is 10.1. The molecule has 0 amide bonds. The molecule has 0 bridgehead atoms. The van der Waals surface area contributed by atoms with Crippen LogP contribution in [0.25, 0.3) is 23.1 Å². The van der Waals surface area contributed by atoms with Gasteiger partial charge in [-0.15, -0.1) is 0 Å². The maximum Gasteiger partial charge on any atom is 0.141 e. The van der Waals surface area contributed by atoms with Crippen molar-refractivity contribution in [3.63, 3.8) is 0 Å². The third-order valence-corrected chi connectivity index (χ3v) is 2.12. The normalized spacial score (nSPS) is 10.2. The van der Waals surface area contributed by atoms with Crippen LogP contribution < -0.4 is 0 Å². The number of furan rings is 1. The van der Waals surface area contributed by atoms with Gasteiger partial charge in [0.25, 0.3) is 0 Å². The first-order chi connectivity index (χ1) is 6.36. The average Bonchev–Trinajstić information content (AvgIpc) is 2.63. The van der Waals surface area contributed by atoms with Crippen molar-refractivity contribution in [1.29, 1.82) is 0 Å². The van der Waals surface area contributed by atoms with Gasteiger partial charge >= 0.3 is 0 Å². The molecule has 64 valence electrons. The predicted molar refractivity (Wildman–Crippen MR) is 56.4 cm³/mol. The van der Waals surface area contributed by atoms with Gasteiger partial charge in [-0.1, -0.05) is 37.4 Å². The Morgan fingerprint density at radius 2 is 1.92 bits per heavy atom. The van der Waals surface area contributed by atoms with E-state index in [9.17, 15) is 0 Å². The Hall–Kier alpha value is -1.76. The summed E-state index contributed by atoms with van der Waals surface area (Å²) in [7, 11) is 0. The van der Waals surface area contributed by atoms with E-state index in [1.807, 2.05) is 18.2 Å². The summed E-state index contributed by atoms with van der Waals surface area (Å²) >= 11 is 0. The van der Waals surface area contributed by atoms with E-state index in [0.29, 0.717) is 0 Å². The summed E-state index contributed by atoms with van der Waals surface area (Å²) in [5.74, 6) is 0. The fraction of sp³-hybridized carbons (Fsp3) is 0. The first kappa shape index (κ1) is 7.87. The molecule has 1 aromatic heterocycles. The second kappa shape index (κ2) is 2.94. The van der Waals surface area contributed by atoms with E-state index in [1.54, 1.807) is 18.4 Å². The number of benzene rings is 1. The molecule has 0 spiro atoms. The van der Waals surface area contributed by atoms with Crippen molar-refractivity contribution >= 4 is 23.1 Å². The molecule has 2 aromatic rings. The maximum atomic E-state index is 5.36. The molecular formula is C12H10O. The Morgan fingerprint density at radius 3 is 2.62 bits per heavy atom. The maximum absolute atomic E-state index is 5.36. The van der Waals surface area contributed by atoms with E-state index < -0.39 is 0 Å². The average molecular weight is 170 g/mol. The van der Waals surface area contributed by atoms with Crippen molar-refractivity contribution in [2.75, 3.05) is 0 Å². The van der Waals surface area contributed by atoms with E-state index >= 15 is 0 Å². The lowest BCUT2D eigenvalue weighted by Gasteiger charge is -2.00. The highest BCUT2D eigenvalue weighted by molar-refractivity contribution is 5.89. The van der Waals surface area contributed by atoms with E-state index in [-0.39, 0.29) is 0 Å². The smallest absolute Gasteiger partial charge is 0.141 e. The zero-order valence-electron chi connectivity index (χ0n) is 7.29. The molecular weight excluding hydrogens is 160 g/mol. The van der Waals surface area contributed by atoms with Gasteiger partial charge in [-0.25, -0.2) is 0 Å². The molecule has 1 nitrogen and oxygen atoms in total. The van der Waals surface area contributed by atoms with Crippen LogP contribution in [0.5, 0.6) is 0 Å². The number of hydrogen-bond acceptors (Lipinski definition) is 1. The molecule has 0 atom stereocenters. The van der Waals surface area contributed by atoms with Crippen LogP contribution in [0.3, 0.4) is 0 Å². The Bertz CT molecular complexity index is 463. The van der Waals surface area contributed by atoms with Crippen LogP contribution in [0.2, 0.25) is 0 Å². The number of fused-ring (bicyclic) bond motifs is 1. The molecule has 0 N–H and O–H groups in total. The zero-order valence-corrected chi connectivity index (χ0v) is 7.29. The van der Waals surface area contributed by atoms with E-state index in [0.717, 1.165) is 22.1 Å². The molecule has 1 heterocycles. The van der Waals surface area contributed by atoms with Gasteiger partial charge in [0, 0.05) is 10.9 Å². The van der Waals surface area contributed by atoms with Crippen molar-refractivity contribution < 1.29 is 4.42 Å². The lowest BCUT2D eigenvalue weighted by molar-refractivity contribution is 0.615. The Labute approximate surface area is 77.0 Å². The highest BCUT2D eigenvalue weighted by atomic mass is 16.3. The van der Waals surface area contributed by atoms with Crippen LogP contribution in [0.4, 0.5) is 0 Å². The van der Waals surface area contributed by atoms with Gasteiger partial charge in [-0.3, -0.25) is 0 Å². The Morgan fingerprint density at radius 1 is 1.08 bits per heavy atom. The molecule has 0 aliphatic rings. The van der Waals surface area contributed by atoms with Gasteiger partial charge in [0.2, 0.25) is 0 Å². The molecule has 0 fully saturated rings. The minimum absolute atomic E-state index is 0.882. The van der Waals surface area contributed by atoms with Crippen molar-refractivity contribution in [2.24, 2.45) is 0 Å². The fourth-order valence-corrected chi connectivity index (χ4v) is 1.46. The largest absolute Gasteiger partial charge is 0.464 e. The summed E-state index contributed by atoms with van der Waals surface area (Å²) in [6.45, 7) is 7.50. The summed E-state index contributed by atoms with van der Waals surface area (Å²) in [6, 6.07) is 5.97. The molecule has 0 saturated carbocycles. The Balaban J connectivity index is 2.89. The zero-order chi connectivity index (χ0) is 9.26. The summed E-state index contributed by atoms with van der Waals surface area (Å²) in [6.07, 6.45) is 5.28. The highest BCUT2D eigenvalue weighted by Crippen LogP contribution is 2.24. The van der Waals surface area contributed by atoms with Gasteiger partial charge in [-0.2, -0.15) is 0 Å². The van der Waals surface area contributed by atoms with Gasteiger partial charge in [0.05, 0.1) is 6.26 Å². The molecule has 13 heavy (non-hydrogen) atoms. The second-order valence-electron chi connectivity index (χ2n) is 2.82. The highest BCUT2D eigenvalue weighted by Gasteiger charge is 2.04. The summed E-state index contributed by atoms with van der Waals surface area (Å²) in [5, 5.41) is 1.10.